The van der Waals surface area contributed by atoms with E-state index in [1.54, 1.807) is 17.9 Å². The number of hydrogen-bond acceptors (Lipinski definition) is 3. The molecule has 0 heterocycles. The maximum Gasteiger partial charge on any atom is 0.261 e. The van der Waals surface area contributed by atoms with Gasteiger partial charge in [-0.15, -0.1) is 0 Å². The maximum atomic E-state index is 13.2. The zero-order valence-corrected chi connectivity index (χ0v) is 19.0. The molecule has 1 aliphatic rings. The number of nitrogens with zero attached hydrogens (tertiary/aromatic N) is 1. The van der Waals surface area contributed by atoms with Crippen LogP contribution in [0.2, 0.25) is 5.02 Å². The molecule has 2 aromatic rings. The molecule has 0 spiro atoms. The molecule has 0 aliphatic heterocycles. The normalized spacial score (nSPS) is 15.2. The molecule has 1 atom stereocenters. The second kappa shape index (κ2) is 11.2. The van der Waals surface area contributed by atoms with Crippen molar-refractivity contribution in [1.82, 2.24) is 10.2 Å². The Kier molecular flexibility index (Phi) is 8.35. The van der Waals surface area contributed by atoms with Gasteiger partial charge in [-0.3, -0.25) is 9.59 Å². The van der Waals surface area contributed by atoms with Gasteiger partial charge in [0.2, 0.25) is 5.91 Å². The van der Waals surface area contributed by atoms with Crippen molar-refractivity contribution < 1.29 is 14.3 Å². The topological polar surface area (TPSA) is 58.6 Å². The fourth-order valence-electron chi connectivity index (χ4n) is 3.90. The standard InChI is InChI=1S/C25H31ClN2O3/c1-18-10-6-9-15-23(18)31-17-24(29)28(16-20-11-7-8-14-22(20)26)19(2)25(30)27-21-12-4-3-5-13-21/h6-11,14-15,19,21H,3-5,12-13,16-17H2,1-2H3,(H,27,30)/t19-/m0/s1. The second-order valence-electron chi connectivity index (χ2n) is 8.19. The van der Waals surface area contributed by atoms with Crippen LogP contribution < -0.4 is 10.1 Å². The summed E-state index contributed by atoms with van der Waals surface area (Å²) in [7, 11) is 0. The molecule has 2 aromatic carbocycles. The van der Waals surface area contributed by atoms with Gasteiger partial charge in [0.25, 0.3) is 5.91 Å². The van der Waals surface area contributed by atoms with E-state index in [9.17, 15) is 9.59 Å². The van der Waals surface area contributed by atoms with Crippen LogP contribution >= 0.6 is 11.6 Å². The van der Waals surface area contributed by atoms with Crippen LogP contribution in [0.5, 0.6) is 5.75 Å². The number of halogens is 1. The van der Waals surface area contributed by atoms with Gasteiger partial charge in [-0.2, -0.15) is 0 Å². The van der Waals surface area contributed by atoms with Crippen molar-refractivity contribution in [3.05, 3.63) is 64.7 Å². The van der Waals surface area contributed by atoms with Gasteiger partial charge in [-0.25, -0.2) is 0 Å². The molecular weight excluding hydrogens is 412 g/mol. The lowest BCUT2D eigenvalue weighted by Gasteiger charge is -2.31. The Morgan fingerprint density at radius 2 is 1.77 bits per heavy atom. The van der Waals surface area contributed by atoms with Crippen LogP contribution in [0, 0.1) is 6.92 Å². The third-order valence-corrected chi connectivity index (χ3v) is 6.23. The lowest BCUT2D eigenvalue weighted by atomic mass is 9.95. The quantitative estimate of drug-likeness (QED) is 0.633. The zero-order valence-electron chi connectivity index (χ0n) is 18.3. The average Bonchev–Trinajstić information content (AvgIpc) is 2.78. The minimum atomic E-state index is -0.633. The van der Waals surface area contributed by atoms with Gasteiger partial charge in [-0.1, -0.05) is 67.3 Å². The Labute approximate surface area is 189 Å². The number of rotatable bonds is 8. The summed E-state index contributed by atoms with van der Waals surface area (Å²) in [5, 5.41) is 3.70. The molecule has 166 valence electrons. The molecule has 0 unspecified atom stereocenters. The van der Waals surface area contributed by atoms with E-state index < -0.39 is 6.04 Å². The van der Waals surface area contributed by atoms with Gasteiger partial charge in [0.15, 0.2) is 6.61 Å². The predicted molar refractivity (Wildman–Crippen MR) is 123 cm³/mol. The van der Waals surface area contributed by atoms with Crippen LogP contribution in [0.1, 0.15) is 50.2 Å². The molecule has 1 aliphatic carbocycles. The van der Waals surface area contributed by atoms with Crippen LogP contribution in [0.15, 0.2) is 48.5 Å². The minimum Gasteiger partial charge on any atom is -0.484 e. The van der Waals surface area contributed by atoms with E-state index in [-0.39, 0.29) is 31.0 Å². The molecule has 3 rings (SSSR count). The lowest BCUT2D eigenvalue weighted by Crippen LogP contribution is -2.51. The number of para-hydroxylation sites is 1. The van der Waals surface area contributed by atoms with Crippen molar-refractivity contribution >= 4 is 23.4 Å². The van der Waals surface area contributed by atoms with E-state index in [0.717, 1.165) is 36.8 Å². The molecule has 5 nitrogen and oxygen atoms in total. The van der Waals surface area contributed by atoms with Crippen LogP contribution in [0.4, 0.5) is 0 Å². The smallest absolute Gasteiger partial charge is 0.261 e. The first-order chi connectivity index (χ1) is 15.0. The van der Waals surface area contributed by atoms with Gasteiger partial charge in [0.1, 0.15) is 11.8 Å². The highest BCUT2D eigenvalue weighted by molar-refractivity contribution is 6.31. The van der Waals surface area contributed by atoms with Crippen molar-refractivity contribution in [2.45, 2.75) is 64.6 Å². The third-order valence-electron chi connectivity index (χ3n) is 5.86. The minimum absolute atomic E-state index is 0.136. The SMILES string of the molecule is Cc1ccccc1OCC(=O)N(Cc1ccccc1Cl)[C@@H](C)C(=O)NC1CCCCC1. The Hall–Kier alpha value is -2.53. The fourth-order valence-corrected chi connectivity index (χ4v) is 4.10. The van der Waals surface area contributed by atoms with Crippen molar-refractivity contribution in [3.63, 3.8) is 0 Å². The highest BCUT2D eigenvalue weighted by Crippen LogP contribution is 2.21. The Morgan fingerprint density at radius 1 is 1.10 bits per heavy atom. The Balaban J connectivity index is 1.72. The van der Waals surface area contributed by atoms with E-state index in [4.69, 9.17) is 16.3 Å². The molecule has 31 heavy (non-hydrogen) atoms. The zero-order chi connectivity index (χ0) is 22.2. The molecule has 1 N–H and O–H groups in total. The largest absolute Gasteiger partial charge is 0.484 e. The molecule has 2 amide bonds. The van der Waals surface area contributed by atoms with E-state index in [1.807, 2.05) is 49.4 Å². The molecule has 0 saturated heterocycles. The number of ether oxygens (including phenoxy) is 1. The highest BCUT2D eigenvalue weighted by Gasteiger charge is 2.28. The van der Waals surface area contributed by atoms with E-state index in [2.05, 4.69) is 5.32 Å². The molecular formula is C25H31ClN2O3. The van der Waals surface area contributed by atoms with Gasteiger partial charge in [0.05, 0.1) is 0 Å². The first-order valence-electron chi connectivity index (χ1n) is 11.0. The summed E-state index contributed by atoms with van der Waals surface area (Å²) in [4.78, 5) is 27.7. The van der Waals surface area contributed by atoms with Gasteiger partial charge in [0, 0.05) is 17.6 Å². The number of amides is 2. The predicted octanol–water partition coefficient (Wildman–Crippen LogP) is 4.89. The van der Waals surface area contributed by atoms with Crippen molar-refractivity contribution in [2.24, 2.45) is 0 Å². The Morgan fingerprint density at radius 3 is 2.48 bits per heavy atom. The lowest BCUT2D eigenvalue weighted by molar-refractivity contribution is -0.142. The van der Waals surface area contributed by atoms with Crippen LogP contribution in [-0.2, 0) is 16.1 Å². The summed E-state index contributed by atoms with van der Waals surface area (Å²) in [5.74, 6) is 0.269. The number of nitrogens with one attached hydrogen (secondary N) is 1. The van der Waals surface area contributed by atoms with E-state index in [1.165, 1.54) is 6.42 Å². The first-order valence-corrected chi connectivity index (χ1v) is 11.3. The summed E-state index contributed by atoms with van der Waals surface area (Å²) in [6.07, 6.45) is 5.47. The van der Waals surface area contributed by atoms with Gasteiger partial charge in [-0.05, 0) is 49.9 Å². The van der Waals surface area contributed by atoms with Crippen molar-refractivity contribution in [2.75, 3.05) is 6.61 Å². The van der Waals surface area contributed by atoms with E-state index in [0.29, 0.717) is 10.8 Å². The summed E-state index contributed by atoms with van der Waals surface area (Å²) < 4.78 is 5.77. The summed E-state index contributed by atoms with van der Waals surface area (Å²) in [6.45, 7) is 3.80. The highest BCUT2D eigenvalue weighted by atomic mass is 35.5. The number of carbonyl (C=O) groups excluding carboxylic acids is 2. The fraction of sp³-hybridized carbons (Fsp3) is 0.440. The number of aryl methyl sites for hydroxylation is 1. The van der Waals surface area contributed by atoms with E-state index >= 15 is 0 Å². The third kappa shape index (κ3) is 6.47. The monoisotopic (exact) mass is 442 g/mol. The van der Waals surface area contributed by atoms with Crippen molar-refractivity contribution in [3.8, 4) is 5.75 Å². The van der Waals surface area contributed by atoms with Crippen LogP contribution in [-0.4, -0.2) is 35.4 Å². The molecule has 0 radical (unpaired) electrons. The summed E-state index contributed by atoms with van der Waals surface area (Å²) >= 11 is 6.34. The van der Waals surface area contributed by atoms with Crippen LogP contribution in [0.25, 0.3) is 0 Å². The summed E-state index contributed by atoms with van der Waals surface area (Å²) in [5.41, 5.74) is 1.75. The Bertz CT molecular complexity index is 896. The molecule has 0 bridgehead atoms. The molecule has 6 heteroatoms. The van der Waals surface area contributed by atoms with Crippen molar-refractivity contribution in [1.29, 1.82) is 0 Å². The maximum absolute atomic E-state index is 13.2. The molecule has 1 saturated carbocycles. The first kappa shape index (κ1) is 23.1. The van der Waals surface area contributed by atoms with Gasteiger partial charge >= 0.3 is 0 Å². The van der Waals surface area contributed by atoms with Gasteiger partial charge < -0.3 is 15.0 Å². The van der Waals surface area contributed by atoms with Crippen LogP contribution in [0.3, 0.4) is 0 Å². The molecule has 1 fully saturated rings. The average molecular weight is 443 g/mol. The summed E-state index contributed by atoms with van der Waals surface area (Å²) in [6, 6.07) is 14.5. The second-order valence-corrected chi connectivity index (χ2v) is 8.59. The number of benzene rings is 2. The molecule has 0 aromatic heterocycles. The number of hydrogen-bond donors (Lipinski definition) is 1. The number of carbonyl (C=O) groups is 2.